The van der Waals surface area contributed by atoms with Crippen molar-refractivity contribution in [2.45, 2.75) is 59.1 Å². The lowest BCUT2D eigenvalue weighted by Gasteiger charge is -2.17. The van der Waals surface area contributed by atoms with E-state index >= 15 is 0 Å². The highest BCUT2D eigenvalue weighted by Gasteiger charge is 2.19. The third kappa shape index (κ3) is 6.39. The van der Waals surface area contributed by atoms with Crippen LogP contribution < -0.4 is 5.73 Å². The predicted molar refractivity (Wildman–Crippen MR) is 80.8 cm³/mol. The second-order valence-corrected chi connectivity index (χ2v) is 5.20. The molecule has 3 heteroatoms. The van der Waals surface area contributed by atoms with Crippen LogP contribution in [0.15, 0.2) is 36.0 Å². The Balaban J connectivity index is 0.00000154. The molecular weight excluding hydrogens is 238 g/mol. The van der Waals surface area contributed by atoms with E-state index in [1.54, 1.807) is 12.2 Å². The van der Waals surface area contributed by atoms with Crippen molar-refractivity contribution >= 4 is 5.97 Å². The van der Waals surface area contributed by atoms with E-state index in [0.29, 0.717) is 0 Å². The van der Waals surface area contributed by atoms with Gasteiger partial charge in [0.1, 0.15) is 5.60 Å². The number of carbonyl (C=O) groups excluding carboxylic acids is 1. The highest BCUT2D eigenvalue weighted by atomic mass is 16.6. The molecule has 0 bridgehead atoms. The van der Waals surface area contributed by atoms with Crippen molar-refractivity contribution in [1.29, 1.82) is 0 Å². The Bertz CT molecular complexity index is 373. The maximum atomic E-state index is 11.5. The van der Waals surface area contributed by atoms with E-state index in [-0.39, 0.29) is 12.0 Å². The molecular formula is C16H27NO2. The van der Waals surface area contributed by atoms with Gasteiger partial charge in [0.15, 0.2) is 0 Å². The SMILES string of the molecule is C=CC1=C(/C=C/C(=O)OC(C)(C)C)CC[C@@H]1N.CC. The summed E-state index contributed by atoms with van der Waals surface area (Å²) in [5.41, 5.74) is 7.57. The van der Waals surface area contributed by atoms with Gasteiger partial charge in [-0.2, -0.15) is 0 Å². The molecule has 1 rings (SSSR count). The normalized spacial score (nSPS) is 19.2. The van der Waals surface area contributed by atoms with E-state index in [9.17, 15) is 4.79 Å². The van der Waals surface area contributed by atoms with Crippen LogP contribution in [0.3, 0.4) is 0 Å². The van der Waals surface area contributed by atoms with Crippen LogP contribution in [0.1, 0.15) is 47.5 Å². The van der Waals surface area contributed by atoms with Crippen LogP contribution in [0.2, 0.25) is 0 Å². The Labute approximate surface area is 117 Å². The van der Waals surface area contributed by atoms with E-state index in [1.165, 1.54) is 6.08 Å². The molecule has 0 aromatic carbocycles. The molecule has 3 nitrogen and oxygen atoms in total. The summed E-state index contributed by atoms with van der Waals surface area (Å²) in [6.45, 7) is 13.3. The average Bonchev–Trinajstić information content (AvgIpc) is 2.67. The molecule has 19 heavy (non-hydrogen) atoms. The summed E-state index contributed by atoms with van der Waals surface area (Å²) >= 11 is 0. The van der Waals surface area contributed by atoms with Gasteiger partial charge in [0.25, 0.3) is 0 Å². The van der Waals surface area contributed by atoms with Gasteiger partial charge < -0.3 is 10.5 Å². The molecule has 0 fully saturated rings. The Kier molecular flexibility index (Phi) is 7.38. The number of hydrogen-bond donors (Lipinski definition) is 1. The van der Waals surface area contributed by atoms with Crippen molar-refractivity contribution in [3.8, 4) is 0 Å². The van der Waals surface area contributed by atoms with Crippen LogP contribution in [0.5, 0.6) is 0 Å². The summed E-state index contributed by atoms with van der Waals surface area (Å²) in [6.07, 6.45) is 6.82. The lowest BCUT2D eigenvalue weighted by atomic mass is 10.1. The Hall–Kier alpha value is -1.35. The van der Waals surface area contributed by atoms with Crippen molar-refractivity contribution in [2.24, 2.45) is 5.73 Å². The van der Waals surface area contributed by atoms with E-state index < -0.39 is 5.60 Å². The van der Waals surface area contributed by atoms with E-state index in [1.807, 2.05) is 34.6 Å². The zero-order valence-corrected chi connectivity index (χ0v) is 12.8. The van der Waals surface area contributed by atoms with Crippen LogP contribution in [0, 0.1) is 0 Å². The lowest BCUT2D eigenvalue weighted by Crippen LogP contribution is -2.22. The molecule has 1 atom stereocenters. The minimum atomic E-state index is -0.455. The molecule has 0 aliphatic heterocycles. The lowest BCUT2D eigenvalue weighted by molar-refractivity contribution is -0.148. The minimum absolute atomic E-state index is 0.0470. The average molecular weight is 265 g/mol. The Morgan fingerprint density at radius 3 is 2.47 bits per heavy atom. The molecule has 0 radical (unpaired) electrons. The van der Waals surface area contributed by atoms with Crippen molar-refractivity contribution in [3.63, 3.8) is 0 Å². The summed E-state index contributed by atoms with van der Waals surface area (Å²) in [5.74, 6) is -0.325. The number of carbonyl (C=O) groups is 1. The number of esters is 1. The fourth-order valence-electron chi connectivity index (χ4n) is 1.82. The third-order valence-electron chi connectivity index (χ3n) is 2.54. The molecule has 108 valence electrons. The number of ether oxygens (including phenoxy) is 1. The van der Waals surface area contributed by atoms with Gasteiger partial charge in [-0.3, -0.25) is 0 Å². The maximum absolute atomic E-state index is 11.5. The summed E-state index contributed by atoms with van der Waals surface area (Å²) < 4.78 is 5.19. The zero-order chi connectivity index (χ0) is 15.1. The quantitative estimate of drug-likeness (QED) is 0.627. The highest BCUT2D eigenvalue weighted by Crippen LogP contribution is 2.26. The predicted octanol–water partition coefficient (Wildman–Crippen LogP) is 3.51. The number of rotatable bonds is 3. The molecule has 0 heterocycles. The largest absolute Gasteiger partial charge is 0.457 e. The first kappa shape index (κ1) is 17.6. The van der Waals surface area contributed by atoms with Crippen LogP contribution in [0.25, 0.3) is 0 Å². The number of nitrogens with two attached hydrogens (primary N) is 1. The molecule has 0 saturated heterocycles. The molecule has 2 N–H and O–H groups in total. The molecule has 0 unspecified atom stereocenters. The van der Waals surface area contributed by atoms with E-state index in [4.69, 9.17) is 10.5 Å². The second-order valence-electron chi connectivity index (χ2n) is 5.20. The van der Waals surface area contributed by atoms with Gasteiger partial charge in [-0.05, 0) is 44.8 Å². The number of allylic oxidation sites excluding steroid dienone is 2. The van der Waals surface area contributed by atoms with Crippen LogP contribution in [0.4, 0.5) is 0 Å². The molecule has 0 spiro atoms. The van der Waals surface area contributed by atoms with Crippen molar-refractivity contribution in [1.82, 2.24) is 0 Å². The standard InChI is InChI=1S/C14H21NO2.C2H6/c1-5-11-10(6-8-12(11)15)7-9-13(16)17-14(2,3)4;1-2/h5,7,9,12H,1,6,8,15H2,2-4H3;1-2H3/b9-7+;/t12-;/m0./s1. The van der Waals surface area contributed by atoms with Gasteiger partial charge >= 0.3 is 5.97 Å². The smallest absolute Gasteiger partial charge is 0.331 e. The fraction of sp³-hybridized carbons (Fsp3) is 0.562. The van der Waals surface area contributed by atoms with Crippen molar-refractivity contribution in [3.05, 3.63) is 36.0 Å². The topological polar surface area (TPSA) is 52.3 Å². The summed E-state index contributed by atoms with van der Waals surface area (Å²) in [6, 6.07) is 0.0470. The first-order chi connectivity index (χ1) is 8.83. The monoisotopic (exact) mass is 265 g/mol. The van der Waals surface area contributed by atoms with Crippen molar-refractivity contribution < 1.29 is 9.53 Å². The third-order valence-corrected chi connectivity index (χ3v) is 2.54. The molecule has 0 amide bonds. The van der Waals surface area contributed by atoms with E-state index in [0.717, 1.165) is 24.0 Å². The summed E-state index contributed by atoms with van der Waals surface area (Å²) in [7, 11) is 0. The molecule has 0 aromatic rings. The van der Waals surface area contributed by atoms with Gasteiger partial charge in [0, 0.05) is 12.1 Å². The first-order valence-corrected chi connectivity index (χ1v) is 6.85. The van der Waals surface area contributed by atoms with Crippen LogP contribution in [-0.4, -0.2) is 17.6 Å². The van der Waals surface area contributed by atoms with Gasteiger partial charge in [-0.15, -0.1) is 0 Å². The highest BCUT2D eigenvalue weighted by molar-refractivity contribution is 5.83. The van der Waals surface area contributed by atoms with Gasteiger partial charge in [0.2, 0.25) is 0 Å². The van der Waals surface area contributed by atoms with Crippen molar-refractivity contribution in [2.75, 3.05) is 0 Å². The number of hydrogen-bond acceptors (Lipinski definition) is 3. The van der Waals surface area contributed by atoms with Crippen LogP contribution >= 0.6 is 0 Å². The summed E-state index contributed by atoms with van der Waals surface area (Å²) in [5, 5.41) is 0. The van der Waals surface area contributed by atoms with Gasteiger partial charge in [-0.25, -0.2) is 4.79 Å². The van der Waals surface area contributed by atoms with Crippen LogP contribution in [-0.2, 0) is 9.53 Å². The van der Waals surface area contributed by atoms with E-state index in [2.05, 4.69) is 6.58 Å². The zero-order valence-electron chi connectivity index (χ0n) is 12.8. The molecule has 0 aromatic heterocycles. The maximum Gasteiger partial charge on any atom is 0.331 e. The second kappa shape index (κ2) is 7.95. The Morgan fingerprint density at radius 1 is 1.42 bits per heavy atom. The molecule has 0 saturated carbocycles. The molecule has 1 aliphatic carbocycles. The molecule has 1 aliphatic rings. The minimum Gasteiger partial charge on any atom is -0.457 e. The Morgan fingerprint density at radius 2 is 2.00 bits per heavy atom. The summed E-state index contributed by atoms with van der Waals surface area (Å²) in [4.78, 5) is 11.5. The van der Waals surface area contributed by atoms with Gasteiger partial charge in [-0.1, -0.05) is 32.6 Å². The first-order valence-electron chi connectivity index (χ1n) is 6.85. The van der Waals surface area contributed by atoms with Gasteiger partial charge in [0.05, 0.1) is 0 Å². The fourth-order valence-corrected chi connectivity index (χ4v) is 1.82.